The highest BCUT2D eigenvalue weighted by molar-refractivity contribution is 7.08. The van der Waals surface area contributed by atoms with Crippen molar-refractivity contribution < 1.29 is 5.02 Å². The number of rotatable bonds is 4. The van der Waals surface area contributed by atoms with Crippen LogP contribution in [0.25, 0.3) is 11.3 Å². The van der Waals surface area contributed by atoms with Crippen LogP contribution in [-0.4, -0.2) is 26.9 Å². The molecule has 0 spiro atoms. The Balaban J connectivity index is 1.55. The van der Waals surface area contributed by atoms with Crippen molar-refractivity contribution in [3.05, 3.63) is 23.0 Å². The quantitative estimate of drug-likeness (QED) is 0.869. The van der Waals surface area contributed by atoms with Crippen molar-refractivity contribution in [2.24, 2.45) is 17.3 Å². The maximum atomic E-state index is 11.1. The van der Waals surface area contributed by atoms with Crippen molar-refractivity contribution >= 4 is 18.3 Å². The van der Waals surface area contributed by atoms with E-state index in [4.69, 9.17) is 0 Å². The molecule has 3 fully saturated rings. The van der Waals surface area contributed by atoms with E-state index in [-0.39, 0.29) is 17.6 Å². The Kier molecular flexibility index (Phi) is 3.47. The van der Waals surface area contributed by atoms with Gasteiger partial charge in [0.1, 0.15) is 5.69 Å². The standard InChI is InChI=1S/C17H24BN3OS/c1-12-4-5-14-8-17(12,16(14,2)3)18(22)11-21-9-15(19-20-21)13-6-7-23-10-13/h6-7,9-10,12,14,22H,4-5,8,11H2,1-3H3. The van der Waals surface area contributed by atoms with Gasteiger partial charge in [-0.15, -0.1) is 5.10 Å². The van der Waals surface area contributed by atoms with Crippen LogP contribution in [0, 0.1) is 17.3 Å². The first-order chi connectivity index (χ1) is 10.9. The zero-order valence-electron chi connectivity index (χ0n) is 14.1. The van der Waals surface area contributed by atoms with E-state index < -0.39 is 0 Å². The first kappa shape index (κ1) is 15.4. The molecule has 0 saturated heterocycles. The highest BCUT2D eigenvalue weighted by Crippen LogP contribution is 2.75. The number of aromatic nitrogens is 3. The van der Waals surface area contributed by atoms with E-state index in [1.54, 1.807) is 11.3 Å². The monoisotopic (exact) mass is 329 g/mol. The minimum absolute atomic E-state index is 0.0322. The minimum Gasteiger partial charge on any atom is -0.448 e. The van der Waals surface area contributed by atoms with E-state index in [1.807, 2.05) is 16.3 Å². The summed E-state index contributed by atoms with van der Waals surface area (Å²) >= 11 is 1.66. The van der Waals surface area contributed by atoms with Crippen molar-refractivity contribution in [3.8, 4) is 11.3 Å². The number of hydrogen-bond acceptors (Lipinski definition) is 4. The van der Waals surface area contributed by atoms with Gasteiger partial charge in [0.25, 0.3) is 0 Å². The Morgan fingerprint density at radius 1 is 1.43 bits per heavy atom. The third-order valence-corrected chi connectivity index (χ3v) is 7.63. The summed E-state index contributed by atoms with van der Waals surface area (Å²) in [6.45, 7) is 6.65. The normalized spacial score (nSPS) is 31.7. The predicted octanol–water partition coefficient (Wildman–Crippen LogP) is 3.75. The Hall–Kier alpha value is -1.14. The summed E-state index contributed by atoms with van der Waals surface area (Å²) in [5.41, 5.74) is 2.21. The van der Waals surface area contributed by atoms with E-state index in [0.717, 1.165) is 23.6 Å². The van der Waals surface area contributed by atoms with Crippen molar-refractivity contribution in [3.63, 3.8) is 0 Å². The van der Waals surface area contributed by atoms with Gasteiger partial charge >= 0.3 is 6.92 Å². The third-order valence-electron chi connectivity index (χ3n) is 6.94. The van der Waals surface area contributed by atoms with Gasteiger partial charge < -0.3 is 5.02 Å². The van der Waals surface area contributed by atoms with E-state index in [2.05, 4.69) is 42.5 Å². The minimum atomic E-state index is -0.360. The summed E-state index contributed by atoms with van der Waals surface area (Å²) in [7, 11) is 0. The molecule has 0 aliphatic heterocycles. The van der Waals surface area contributed by atoms with Gasteiger partial charge in [0, 0.05) is 17.4 Å². The fraction of sp³-hybridized carbons (Fsp3) is 0.647. The van der Waals surface area contributed by atoms with Gasteiger partial charge in [0.2, 0.25) is 0 Å². The van der Waals surface area contributed by atoms with Gasteiger partial charge in [-0.25, -0.2) is 0 Å². The van der Waals surface area contributed by atoms with Crippen LogP contribution in [0.4, 0.5) is 0 Å². The van der Waals surface area contributed by atoms with Gasteiger partial charge in [0.05, 0.1) is 6.20 Å². The smallest absolute Gasteiger partial charge is 0.318 e. The summed E-state index contributed by atoms with van der Waals surface area (Å²) < 4.78 is 1.82. The average molecular weight is 329 g/mol. The molecule has 0 amide bonds. The maximum Gasteiger partial charge on any atom is 0.318 e. The van der Waals surface area contributed by atoms with Crippen LogP contribution in [-0.2, 0) is 6.44 Å². The molecule has 3 saturated carbocycles. The van der Waals surface area contributed by atoms with Gasteiger partial charge in [-0.05, 0) is 46.9 Å². The Labute approximate surface area is 142 Å². The molecule has 2 bridgehead atoms. The fourth-order valence-corrected chi connectivity index (χ4v) is 6.00. The lowest BCUT2D eigenvalue weighted by Gasteiger charge is -2.69. The molecule has 3 atom stereocenters. The number of nitrogens with zero attached hydrogens (tertiary/aromatic N) is 3. The molecule has 23 heavy (non-hydrogen) atoms. The maximum absolute atomic E-state index is 11.1. The highest BCUT2D eigenvalue weighted by atomic mass is 32.1. The molecule has 0 radical (unpaired) electrons. The Morgan fingerprint density at radius 2 is 2.26 bits per heavy atom. The van der Waals surface area contributed by atoms with Crippen molar-refractivity contribution in [1.82, 2.24) is 15.0 Å². The molecular formula is C17H24BN3OS. The molecule has 6 heteroatoms. The summed E-state index contributed by atoms with van der Waals surface area (Å²) in [5, 5.41) is 23.7. The van der Waals surface area contributed by atoms with E-state index in [0.29, 0.717) is 12.4 Å². The zero-order valence-corrected chi connectivity index (χ0v) is 14.9. The summed E-state index contributed by atoms with van der Waals surface area (Å²) in [6, 6.07) is 2.05. The molecule has 2 aromatic rings. The number of thiophene rings is 1. The third kappa shape index (κ3) is 2.07. The Bertz CT molecular complexity index is 699. The molecule has 4 nitrogen and oxygen atoms in total. The molecule has 3 unspecified atom stereocenters. The predicted molar refractivity (Wildman–Crippen MR) is 94.3 cm³/mol. The number of hydrogen-bond donors (Lipinski definition) is 1. The van der Waals surface area contributed by atoms with Crippen LogP contribution in [0.2, 0.25) is 5.31 Å². The highest BCUT2D eigenvalue weighted by Gasteiger charge is 2.68. The van der Waals surface area contributed by atoms with Gasteiger partial charge in [-0.2, -0.15) is 11.3 Å². The van der Waals surface area contributed by atoms with Crippen LogP contribution in [0.1, 0.15) is 40.0 Å². The van der Waals surface area contributed by atoms with Gasteiger partial charge in [-0.3, -0.25) is 4.68 Å². The van der Waals surface area contributed by atoms with Crippen LogP contribution in [0.5, 0.6) is 0 Å². The van der Waals surface area contributed by atoms with Gasteiger partial charge in [-0.1, -0.05) is 32.4 Å². The van der Waals surface area contributed by atoms with Crippen molar-refractivity contribution in [2.45, 2.75) is 51.8 Å². The van der Waals surface area contributed by atoms with Crippen molar-refractivity contribution in [2.75, 3.05) is 0 Å². The second-order valence-corrected chi connectivity index (χ2v) is 8.78. The molecule has 2 heterocycles. The van der Waals surface area contributed by atoms with Crippen LogP contribution >= 0.6 is 11.3 Å². The summed E-state index contributed by atoms with van der Waals surface area (Å²) in [5.74, 6) is 1.34. The fourth-order valence-electron chi connectivity index (χ4n) is 5.35. The second-order valence-electron chi connectivity index (χ2n) is 8.00. The zero-order chi connectivity index (χ0) is 16.2. The topological polar surface area (TPSA) is 50.9 Å². The second kappa shape index (κ2) is 5.18. The van der Waals surface area contributed by atoms with Crippen LogP contribution in [0.15, 0.2) is 23.0 Å². The van der Waals surface area contributed by atoms with E-state index in [9.17, 15) is 5.02 Å². The molecule has 3 aliphatic carbocycles. The molecule has 1 N–H and O–H groups in total. The lowest BCUT2D eigenvalue weighted by atomic mass is 9.21. The molecule has 0 aromatic carbocycles. The largest absolute Gasteiger partial charge is 0.448 e. The average Bonchev–Trinajstić information content (AvgIpc) is 3.17. The van der Waals surface area contributed by atoms with E-state index >= 15 is 0 Å². The molecular weight excluding hydrogens is 305 g/mol. The van der Waals surface area contributed by atoms with Gasteiger partial charge in [0.15, 0.2) is 0 Å². The molecule has 2 aromatic heterocycles. The summed E-state index contributed by atoms with van der Waals surface area (Å²) in [4.78, 5) is 0. The Morgan fingerprint density at radius 3 is 2.91 bits per heavy atom. The SMILES string of the molecule is CC1CCC2CC1(B(O)Cn1cc(-c3ccsc3)nn1)C2(C)C. The van der Waals surface area contributed by atoms with Crippen LogP contribution in [0.3, 0.4) is 0 Å². The first-order valence-electron chi connectivity index (χ1n) is 8.56. The van der Waals surface area contributed by atoms with E-state index in [1.165, 1.54) is 12.8 Å². The first-order valence-corrected chi connectivity index (χ1v) is 9.50. The number of fused-ring (bicyclic) bond motifs is 2. The van der Waals surface area contributed by atoms with Crippen molar-refractivity contribution in [1.29, 1.82) is 0 Å². The molecule has 3 aliphatic rings. The molecule has 122 valence electrons. The molecule has 5 rings (SSSR count). The van der Waals surface area contributed by atoms with Crippen LogP contribution < -0.4 is 0 Å². The summed E-state index contributed by atoms with van der Waals surface area (Å²) in [6.07, 6.45) is 6.21. The lowest BCUT2D eigenvalue weighted by molar-refractivity contribution is -0.0937. The lowest BCUT2D eigenvalue weighted by Crippen LogP contribution is -2.64.